The third kappa shape index (κ3) is 6.02. The van der Waals surface area contributed by atoms with E-state index in [2.05, 4.69) is 9.46 Å². The second-order valence-electron chi connectivity index (χ2n) is 5.12. The highest BCUT2D eigenvalue weighted by Crippen LogP contribution is 2.12. The first-order valence-corrected chi connectivity index (χ1v) is 8.81. The number of Topliss-reactive ketones (excluding diaryl/α,β-unsaturated/α-hetero) is 1. The summed E-state index contributed by atoms with van der Waals surface area (Å²) in [7, 11) is -3.67. The van der Waals surface area contributed by atoms with E-state index in [0.717, 1.165) is 0 Å². The number of sulfonamides is 1. The molecular weight excluding hydrogens is 346 g/mol. The zero-order valence-electron chi connectivity index (χ0n) is 13.5. The highest BCUT2D eigenvalue weighted by Gasteiger charge is 2.13. The van der Waals surface area contributed by atoms with Crippen LogP contribution < -0.4 is 4.72 Å². The van der Waals surface area contributed by atoms with E-state index in [-0.39, 0.29) is 23.8 Å². The topological polar surface area (TPSA) is 103 Å². The predicted octanol–water partition coefficient (Wildman–Crippen LogP) is 1.90. The summed E-state index contributed by atoms with van der Waals surface area (Å²) in [5.41, 5.74) is 0.616. The zero-order chi connectivity index (χ0) is 18.3. The van der Waals surface area contributed by atoms with Crippen LogP contribution in [0, 0.1) is 0 Å². The Bertz CT molecular complexity index is 851. The highest BCUT2D eigenvalue weighted by molar-refractivity contribution is 7.89. The van der Waals surface area contributed by atoms with Gasteiger partial charge in [-0.15, -0.1) is 0 Å². The number of furan rings is 1. The van der Waals surface area contributed by atoms with Crippen LogP contribution in [0.1, 0.15) is 18.2 Å². The van der Waals surface area contributed by atoms with Crippen molar-refractivity contribution in [2.45, 2.75) is 18.4 Å². The summed E-state index contributed by atoms with van der Waals surface area (Å²) >= 11 is 0. The lowest BCUT2D eigenvalue weighted by atomic mass is 10.2. The van der Waals surface area contributed by atoms with Crippen LogP contribution in [-0.2, 0) is 30.9 Å². The number of rotatable bonds is 8. The lowest BCUT2D eigenvalue weighted by Crippen LogP contribution is -2.22. The van der Waals surface area contributed by atoms with Gasteiger partial charge in [0, 0.05) is 6.08 Å². The summed E-state index contributed by atoms with van der Waals surface area (Å²) in [5, 5.41) is 0. The number of benzene rings is 1. The van der Waals surface area contributed by atoms with Crippen LogP contribution in [0.5, 0.6) is 0 Å². The molecule has 1 N–H and O–H groups in total. The Morgan fingerprint density at radius 1 is 1.20 bits per heavy atom. The molecule has 2 aromatic rings. The molecule has 0 saturated heterocycles. The van der Waals surface area contributed by atoms with E-state index >= 15 is 0 Å². The third-order valence-electron chi connectivity index (χ3n) is 3.04. The van der Waals surface area contributed by atoms with Crippen LogP contribution in [0.15, 0.2) is 58.1 Å². The van der Waals surface area contributed by atoms with E-state index in [4.69, 9.17) is 4.42 Å². The van der Waals surface area contributed by atoms with Gasteiger partial charge >= 0.3 is 5.97 Å². The Morgan fingerprint density at radius 2 is 1.92 bits per heavy atom. The van der Waals surface area contributed by atoms with Crippen molar-refractivity contribution in [2.24, 2.45) is 0 Å². The number of nitrogens with one attached hydrogen (secondary N) is 1. The van der Waals surface area contributed by atoms with Crippen LogP contribution in [0.2, 0.25) is 0 Å². The minimum Gasteiger partial charge on any atom is -0.468 e. The van der Waals surface area contributed by atoms with Crippen molar-refractivity contribution in [3.05, 3.63) is 60.1 Å². The van der Waals surface area contributed by atoms with Gasteiger partial charge in [0.2, 0.25) is 10.0 Å². The molecule has 1 heterocycles. The van der Waals surface area contributed by atoms with Gasteiger partial charge in [0.15, 0.2) is 5.78 Å². The molecule has 132 valence electrons. The summed E-state index contributed by atoms with van der Waals surface area (Å²) in [4.78, 5) is 22.2. The summed E-state index contributed by atoms with van der Waals surface area (Å²) < 4.78 is 36.5. The summed E-state index contributed by atoms with van der Waals surface area (Å²) in [6.07, 6.45) is 4.10. The van der Waals surface area contributed by atoms with Crippen molar-refractivity contribution in [1.29, 1.82) is 0 Å². The predicted molar refractivity (Wildman–Crippen MR) is 89.8 cm³/mol. The quantitative estimate of drug-likeness (QED) is 0.568. The van der Waals surface area contributed by atoms with Gasteiger partial charge in [0.25, 0.3) is 0 Å². The van der Waals surface area contributed by atoms with Gasteiger partial charge in [-0.25, -0.2) is 17.9 Å². The molecule has 0 radical (unpaired) electrons. The lowest BCUT2D eigenvalue weighted by molar-refractivity contribution is -0.142. The Balaban J connectivity index is 1.96. The van der Waals surface area contributed by atoms with Crippen molar-refractivity contribution < 1.29 is 27.2 Å². The van der Waals surface area contributed by atoms with Gasteiger partial charge in [-0.3, -0.25) is 4.79 Å². The van der Waals surface area contributed by atoms with E-state index in [1.807, 2.05) is 0 Å². The molecule has 0 fully saturated rings. The Labute approximate surface area is 145 Å². The average Bonchev–Trinajstić information content (AvgIpc) is 3.10. The van der Waals surface area contributed by atoms with Crippen molar-refractivity contribution in [2.75, 3.05) is 6.61 Å². The monoisotopic (exact) mass is 363 g/mol. The molecule has 0 spiro atoms. The van der Waals surface area contributed by atoms with Crippen LogP contribution in [-0.4, -0.2) is 26.8 Å². The van der Waals surface area contributed by atoms with Crippen LogP contribution >= 0.6 is 0 Å². The highest BCUT2D eigenvalue weighted by atomic mass is 32.2. The molecule has 1 aromatic heterocycles. The molecule has 2 rings (SSSR count). The van der Waals surface area contributed by atoms with E-state index in [1.165, 1.54) is 37.5 Å². The molecule has 0 amide bonds. The number of ether oxygens (including phenoxy) is 1. The second kappa shape index (κ2) is 8.41. The maximum Gasteiger partial charge on any atom is 0.331 e. The normalized spacial score (nSPS) is 11.6. The molecular formula is C17H17NO6S. The number of carbonyl (C=O) groups excluding carboxylic acids is 2. The van der Waals surface area contributed by atoms with Crippen molar-refractivity contribution >= 4 is 27.9 Å². The molecule has 7 nitrogen and oxygen atoms in total. The van der Waals surface area contributed by atoms with E-state index < -0.39 is 16.0 Å². The molecule has 8 heteroatoms. The van der Waals surface area contributed by atoms with E-state index in [1.54, 1.807) is 24.3 Å². The van der Waals surface area contributed by atoms with Gasteiger partial charge in [-0.05, 0) is 42.8 Å². The minimum absolute atomic E-state index is 0.0545. The fraction of sp³-hybridized carbons (Fsp3) is 0.176. The SMILES string of the molecule is CC(=O)COC(=O)/C=C/c1ccc(S(=O)(=O)NCc2ccco2)cc1. The van der Waals surface area contributed by atoms with E-state index in [9.17, 15) is 18.0 Å². The standard InChI is InChI=1S/C17H17NO6S/c1-13(19)12-24-17(20)9-6-14-4-7-16(8-5-14)25(21,22)18-11-15-3-2-10-23-15/h2-10,18H,11-12H2,1H3/b9-6+. The Morgan fingerprint density at radius 3 is 2.52 bits per heavy atom. The molecule has 0 aliphatic heterocycles. The molecule has 0 saturated carbocycles. The smallest absolute Gasteiger partial charge is 0.331 e. The van der Waals surface area contributed by atoms with Crippen LogP contribution in [0.4, 0.5) is 0 Å². The minimum atomic E-state index is -3.67. The number of carbonyl (C=O) groups is 2. The molecule has 0 unspecified atom stereocenters. The second-order valence-corrected chi connectivity index (χ2v) is 6.88. The van der Waals surface area contributed by atoms with Gasteiger partial charge in [0.05, 0.1) is 17.7 Å². The molecule has 0 bridgehead atoms. The van der Waals surface area contributed by atoms with Crippen molar-refractivity contribution in [3.8, 4) is 0 Å². The van der Waals surface area contributed by atoms with Gasteiger partial charge in [-0.2, -0.15) is 0 Å². The molecule has 25 heavy (non-hydrogen) atoms. The number of hydrogen-bond acceptors (Lipinski definition) is 6. The van der Waals surface area contributed by atoms with Crippen molar-refractivity contribution in [3.63, 3.8) is 0 Å². The maximum absolute atomic E-state index is 12.2. The van der Waals surface area contributed by atoms with E-state index in [0.29, 0.717) is 11.3 Å². The van der Waals surface area contributed by atoms with Gasteiger partial charge < -0.3 is 9.15 Å². The molecule has 0 atom stereocenters. The first kappa shape index (κ1) is 18.6. The maximum atomic E-state index is 12.2. The summed E-state index contributed by atoms with van der Waals surface area (Å²) in [5.74, 6) is -0.391. The summed E-state index contributed by atoms with van der Waals surface area (Å²) in [6.45, 7) is 1.09. The molecule has 0 aliphatic rings. The first-order valence-electron chi connectivity index (χ1n) is 7.33. The summed E-state index contributed by atoms with van der Waals surface area (Å²) in [6, 6.07) is 9.29. The number of esters is 1. The lowest BCUT2D eigenvalue weighted by Gasteiger charge is -2.05. The average molecular weight is 363 g/mol. The van der Waals surface area contributed by atoms with Crippen molar-refractivity contribution in [1.82, 2.24) is 4.72 Å². The van der Waals surface area contributed by atoms with Gasteiger partial charge in [-0.1, -0.05) is 12.1 Å². The molecule has 1 aromatic carbocycles. The Kier molecular flexibility index (Phi) is 6.26. The third-order valence-corrected chi connectivity index (χ3v) is 4.45. The first-order chi connectivity index (χ1) is 11.9. The fourth-order valence-electron chi connectivity index (χ4n) is 1.81. The zero-order valence-corrected chi connectivity index (χ0v) is 14.3. The van der Waals surface area contributed by atoms with Crippen LogP contribution in [0.25, 0.3) is 6.08 Å². The number of ketones is 1. The Hall–Kier alpha value is -2.71. The number of hydrogen-bond donors (Lipinski definition) is 1. The molecule has 0 aliphatic carbocycles. The van der Waals surface area contributed by atoms with Crippen LogP contribution in [0.3, 0.4) is 0 Å². The largest absolute Gasteiger partial charge is 0.468 e. The fourth-order valence-corrected chi connectivity index (χ4v) is 2.80. The van der Waals surface area contributed by atoms with Gasteiger partial charge in [0.1, 0.15) is 12.4 Å².